The summed E-state index contributed by atoms with van der Waals surface area (Å²) in [5.41, 5.74) is 8.15. The van der Waals surface area contributed by atoms with Gasteiger partial charge in [0, 0.05) is 0 Å². The van der Waals surface area contributed by atoms with Crippen molar-refractivity contribution in [2.45, 2.75) is 27.7 Å². The van der Waals surface area contributed by atoms with Crippen LogP contribution in [-0.4, -0.2) is 10.2 Å². The molecule has 0 unspecified atom stereocenters. The summed E-state index contributed by atoms with van der Waals surface area (Å²) >= 11 is 0. The van der Waals surface area contributed by atoms with E-state index in [2.05, 4.69) is 10.2 Å². The Bertz CT molecular complexity index is 200. The van der Waals surface area contributed by atoms with E-state index in [1.807, 2.05) is 27.7 Å². The Kier molecular flexibility index (Phi) is 4.18. The fourth-order valence-corrected chi connectivity index (χ4v) is 0.558. The smallest absolute Gasteiger partial charge is 0.0728 e. The Labute approximate surface area is 67.6 Å². The molecule has 0 fully saturated rings. The summed E-state index contributed by atoms with van der Waals surface area (Å²) < 4.78 is 0. The minimum Gasteiger partial charge on any atom is -0.397 e. The Hall–Kier alpha value is -1.12. The van der Waals surface area contributed by atoms with Crippen molar-refractivity contribution in [3.05, 3.63) is 17.5 Å². The van der Waals surface area contributed by atoms with Gasteiger partial charge in [-0.2, -0.15) is 10.2 Å². The van der Waals surface area contributed by atoms with Crippen molar-refractivity contribution < 1.29 is 0 Å². The van der Waals surface area contributed by atoms with Gasteiger partial charge in [0.2, 0.25) is 0 Å². The predicted octanol–water partition coefficient (Wildman–Crippen LogP) is 1.70. The Balaban J connectivity index is 0.000000461. The molecule has 0 aliphatic rings. The summed E-state index contributed by atoms with van der Waals surface area (Å²) in [6, 6.07) is 0. The van der Waals surface area contributed by atoms with Gasteiger partial charge in [-0.15, -0.1) is 0 Å². The zero-order valence-corrected chi connectivity index (χ0v) is 7.55. The standard InChI is InChI=1S/C6H9N3.C2H6/c1-4-5(2)9-8-3-6(4)7;1-2/h3H,1-2H3,(H2,7,9);1-2H3. The van der Waals surface area contributed by atoms with Gasteiger partial charge >= 0.3 is 0 Å². The van der Waals surface area contributed by atoms with Gasteiger partial charge in [-0.3, -0.25) is 0 Å². The van der Waals surface area contributed by atoms with Gasteiger partial charge in [0.15, 0.2) is 0 Å². The molecule has 11 heavy (non-hydrogen) atoms. The average Bonchev–Trinajstić information content (AvgIpc) is 2.04. The van der Waals surface area contributed by atoms with Crippen molar-refractivity contribution in [3.8, 4) is 0 Å². The molecule has 3 nitrogen and oxygen atoms in total. The molecule has 1 heterocycles. The Morgan fingerprint density at radius 2 is 1.82 bits per heavy atom. The van der Waals surface area contributed by atoms with E-state index in [1.165, 1.54) is 0 Å². The van der Waals surface area contributed by atoms with Crippen molar-refractivity contribution in [2.75, 3.05) is 5.73 Å². The maximum atomic E-state index is 5.52. The highest BCUT2D eigenvalue weighted by Crippen LogP contribution is 2.08. The van der Waals surface area contributed by atoms with Crippen LogP contribution in [-0.2, 0) is 0 Å². The number of aromatic nitrogens is 2. The number of hydrogen-bond donors (Lipinski definition) is 1. The largest absolute Gasteiger partial charge is 0.397 e. The zero-order chi connectivity index (χ0) is 8.85. The van der Waals surface area contributed by atoms with E-state index in [4.69, 9.17) is 5.73 Å². The minimum absolute atomic E-state index is 0.711. The van der Waals surface area contributed by atoms with Gasteiger partial charge in [-0.1, -0.05) is 13.8 Å². The van der Waals surface area contributed by atoms with Gasteiger partial charge in [-0.05, 0) is 19.4 Å². The zero-order valence-electron chi connectivity index (χ0n) is 7.55. The molecule has 3 heteroatoms. The van der Waals surface area contributed by atoms with Crippen LogP contribution in [0, 0.1) is 13.8 Å². The average molecular weight is 153 g/mol. The third kappa shape index (κ3) is 2.53. The third-order valence-electron chi connectivity index (χ3n) is 1.38. The molecule has 2 N–H and O–H groups in total. The summed E-state index contributed by atoms with van der Waals surface area (Å²) in [6.07, 6.45) is 1.56. The van der Waals surface area contributed by atoms with Crippen LogP contribution in [0.15, 0.2) is 6.20 Å². The van der Waals surface area contributed by atoms with Crippen molar-refractivity contribution in [1.82, 2.24) is 10.2 Å². The molecule has 0 aliphatic carbocycles. The van der Waals surface area contributed by atoms with E-state index < -0.39 is 0 Å². The molecule has 0 bridgehead atoms. The molecule has 0 aliphatic heterocycles. The van der Waals surface area contributed by atoms with Gasteiger partial charge in [0.1, 0.15) is 0 Å². The molecule has 1 rings (SSSR count). The van der Waals surface area contributed by atoms with E-state index in [0.717, 1.165) is 11.3 Å². The van der Waals surface area contributed by atoms with Crippen LogP contribution in [0.1, 0.15) is 25.1 Å². The molecule has 1 aromatic rings. The van der Waals surface area contributed by atoms with Crippen LogP contribution in [0.2, 0.25) is 0 Å². The molecule has 62 valence electrons. The SMILES string of the molecule is CC.Cc1nncc(N)c1C. The van der Waals surface area contributed by atoms with E-state index in [9.17, 15) is 0 Å². The fraction of sp³-hybridized carbons (Fsp3) is 0.500. The lowest BCUT2D eigenvalue weighted by Crippen LogP contribution is -1.96. The van der Waals surface area contributed by atoms with Crippen molar-refractivity contribution >= 4 is 5.69 Å². The fourth-order valence-electron chi connectivity index (χ4n) is 0.558. The summed E-state index contributed by atoms with van der Waals surface area (Å²) in [4.78, 5) is 0. The lowest BCUT2D eigenvalue weighted by atomic mass is 10.2. The number of nitrogens with two attached hydrogens (primary N) is 1. The second kappa shape index (κ2) is 4.66. The molecular formula is C8H15N3. The van der Waals surface area contributed by atoms with Crippen molar-refractivity contribution in [1.29, 1.82) is 0 Å². The second-order valence-electron chi connectivity index (χ2n) is 2.01. The summed E-state index contributed by atoms with van der Waals surface area (Å²) in [6.45, 7) is 7.82. The maximum absolute atomic E-state index is 5.52. The van der Waals surface area contributed by atoms with E-state index in [1.54, 1.807) is 6.20 Å². The van der Waals surface area contributed by atoms with Crippen LogP contribution < -0.4 is 5.73 Å². The Morgan fingerprint density at radius 1 is 1.27 bits per heavy atom. The number of nitrogen functional groups attached to an aromatic ring is 1. The quantitative estimate of drug-likeness (QED) is 0.617. The van der Waals surface area contributed by atoms with Crippen LogP contribution in [0.3, 0.4) is 0 Å². The highest BCUT2D eigenvalue weighted by atomic mass is 15.1. The van der Waals surface area contributed by atoms with E-state index >= 15 is 0 Å². The molecule has 0 spiro atoms. The number of hydrogen-bond acceptors (Lipinski definition) is 3. The summed E-state index contributed by atoms with van der Waals surface area (Å²) in [5.74, 6) is 0. The van der Waals surface area contributed by atoms with Crippen LogP contribution in [0.25, 0.3) is 0 Å². The molecular weight excluding hydrogens is 138 g/mol. The summed E-state index contributed by atoms with van der Waals surface area (Å²) in [5, 5.41) is 7.48. The maximum Gasteiger partial charge on any atom is 0.0728 e. The number of nitrogens with zero attached hydrogens (tertiary/aromatic N) is 2. The second-order valence-corrected chi connectivity index (χ2v) is 2.01. The van der Waals surface area contributed by atoms with Gasteiger partial charge < -0.3 is 5.73 Å². The van der Waals surface area contributed by atoms with E-state index in [0.29, 0.717) is 5.69 Å². The molecule has 0 aromatic carbocycles. The van der Waals surface area contributed by atoms with Crippen LogP contribution in [0.5, 0.6) is 0 Å². The highest BCUT2D eigenvalue weighted by Gasteiger charge is 1.95. The molecule has 0 atom stereocenters. The monoisotopic (exact) mass is 153 g/mol. The van der Waals surface area contributed by atoms with Gasteiger partial charge in [0.05, 0.1) is 17.6 Å². The minimum atomic E-state index is 0.711. The predicted molar refractivity (Wildman–Crippen MR) is 47.3 cm³/mol. The molecule has 0 amide bonds. The first kappa shape index (κ1) is 9.88. The topological polar surface area (TPSA) is 51.8 Å². The normalized spacial score (nSPS) is 8.36. The third-order valence-corrected chi connectivity index (χ3v) is 1.38. The summed E-state index contributed by atoms with van der Waals surface area (Å²) in [7, 11) is 0. The number of anilines is 1. The first-order chi connectivity index (χ1) is 5.22. The van der Waals surface area contributed by atoms with Gasteiger partial charge in [-0.25, -0.2) is 0 Å². The van der Waals surface area contributed by atoms with Crippen molar-refractivity contribution in [2.24, 2.45) is 0 Å². The van der Waals surface area contributed by atoms with Gasteiger partial charge in [0.25, 0.3) is 0 Å². The number of aryl methyl sites for hydroxylation is 1. The molecule has 1 aromatic heterocycles. The molecule has 0 saturated heterocycles. The van der Waals surface area contributed by atoms with E-state index in [-0.39, 0.29) is 0 Å². The molecule has 0 radical (unpaired) electrons. The Morgan fingerprint density at radius 3 is 2.18 bits per heavy atom. The first-order valence-electron chi connectivity index (χ1n) is 3.76. The lowest BCUT2D eigenvalue weighted by molar-refractivity contribution is 0.965. The van der Waals surface area contributed by atoms with Crippen LogP contribution >= 0.6 is 0 Å². The van der Waals surface area contributed by atoms with Crippen molar-refractivity contribution in [3.63, 3.8) is 0 Å². The van der Waals surface area contributed by atoms with Crippen LogP contribution in [0.4, 0.5) is 5.69 Å². The first-order valence-corrected chi connectivity index (χ1v) is 3.76. The highest BCUT2D eigenvalue weighted by molar-refractivity contribution is 5.44. The lowest BCUT2D eigenvalue weighted by Gasteiger charge is -1.98. The molecule has 0 saturated carbocycles. The number of rotatable bonds is 0.